The topological polar surface area (TPSA) is 66.7 Å². The molecular formula is C17H21N3O3. The van der Waals surface area contributed by atoms with Gasteiger partial charge < -0.3 is 14.2 Å². The van der Waals surface area contributed by atoms with E-state index >= 15 is 0 Å². The van der Waals surface area contributed by atoms with E-state index in [4.69, 9.17) is 4.42 Å². The molecule has 0 atom stereocenters. The van der Waals surface area contributed by atoms with Gasteiger partial charge in [-0.05, 0) is 17.7 Å². The fraction of sp³-hybridized carbons (Fsp3) is 0.471. The van der Waals surface area contributed by atoms with Crippen LogP contribution in [-0.2, 0) is 16.0 Å². The van der Waals surface area contributed by atoms with Gasteiger partial charge in [0.05, 0.1) is 6.42 Å². The lowest BCUT2D eigenvalue weighted by Gasteiger charge is -2.34. The van der Waals surface area contributed by atoms with Crippen LogP contribution in [0, 0.1) is 6.92 Å². The number of fused-ring (bicyclic) bond motifs is 1. The first-order chi connectivity index (χ1) is 11.1. The van der Waals surface area contributed by atoms with E-state index in [1.165, 1.54) is 0 Å². The minimum atomic E-state index is 0.0872. The van der Waals surface area contributed by atoms with Gasteiger partial charge in [0, 0.05) is 39.5 Å². The molecule has 1 aromatic heterocycles. The summed E-state index contributed by atoms with van der Waals surface area (Å²) in [5.74, 6) is 0.868. The Balaban J connectivity index is 1.61. The zero-order valence-electron chi connectivity index (χ0n) is 13.5. The van der Waals surface area contributed by atoms with Crippen molar-refractivity contribution in [1.29, 1.82) is 0 Å². The van der Waals surface area contributed by atoms with Crippen LogP contribution in [0.1, 0.15) is 24.8 Å². The molecule has 23 heavy (non-hydrogen) atoms. The number of aromatic nitrogens is 1. The molecule has 3 rings (SSSR count). The van der Waals surface area contributed by atoms with Gasteiger partial charge >= 0.3 is 0 Å². The Labute approximate surface area is 135 Å². The second-order valence-corrected chi connectivity index (χ2v) is 5.83. The van der Waals surface area contributed by atoms with Crippen molar-refractivity contribution in [2.45, 2.75) is 26.7 Å². The molecule has 6 nitrogen and oxygen atoms in total. The minimum absolute atomic E-state index is 0.0872. The number of aryl methyl sites for hydroxylation is 1. The Morgan fingerprint density at radius 1 is 1.13 bits per heavy atom. The van der Waals surface area contributed by atoms with Crippen molar-refractivity contribution in [3.05, 3.63) is 29.7 Å². The average molecular weight is 315 g/mol. The molecule has 6 heteroatoms. The molecule has 2 aromatic rings. The number of oxazole rings is 1. The first kappa shape index (κ1) is 15.5. The fourth-order valence-corrected chi connectivity index (χ4v) is 2.91. The number of piperazine rings is 1. The van der Waals surface area contributed by atoms with Crippen LogP contribution in [0.2, 0.25) is 0 Å². The van der Waals surface area contributed by atoms with E-state index in [0.717, 1.165) is 11.1 Å². The van der Waals surface area contributed by atoms with Gasteiger partial charge in [0.25, 0.3) is 0 Å². The van der Waals surface area contributed by atoms with E-state index in [2.05, 4.69) is 4.98 Å². The average Bonchev–Trinajstić information content (AvgIpc) is 2.93. The largest absolute Gasteiger partial charge is 0.441 e. The zero-order chi connectivity index (χ0) is 16.4. The normalized spacial score (nSPS) is 15.2. The highest BCUT2D eigenvalue weighted by molar-refractivity contribution is 5.82. The maximum absolute atomic E-state index is 12.4. The highest BCUT2D eigenvalue weighted by atomic mass is 16.3. The van der Waals surface area contributed by atoms with Gasteiger partial charge in [0.1, 0.15) is 5.52 Å². The molecular weight excluding hydrogens is 294 g/mol. The van der Waals surface area contributed by atoms with Crippen LogP contribution in [0.15, 0.2) is 22.6 Å². The summed E-state index contributed by atoms with van der Waals surface area (Å²) in [5, 5.41) is 0. The summed E-state index contributed by atoms with van der Waals surface area (Å²) < 4.78 is 5.51. The van der Waals surface area contributed by atoms with Gasteiger partial charge in [-0.15, -0.1) is 0 Å². The van der Waals surface area contributed by atoms with Gasteiger partial charge in [-0.3, -0.25) is 9.59 Å². The Bertz CT molecular complexity index is 730. The van der Waals surface area contributed by atoms with Crippen LogP contribution in [0.5, 0.6) is 0 Å². The van der Waals surface area contributed by atoms with Crippen LogP contribution in [0.3, 0.4) is 0 Å². The standard InChI is InChI=1S/C17H21N3O3/c1-3-16(21)19-6-8-20(9-7-19)17(22)11-13-4-5-14-15(10-13)23-12(2)18-14/h4-5,10H,3,6-9,11H2,1-2H3. The third-order valence-corrected chi connectivity index (χ3v) is 4.20. The summed E-state index contributed by atoms with van der Waals surface area (Å²) in [6.45, 7) is 6.13. The second-order valence-electron chi connectivity index (χ2n) is 5.83. The summed E-state index contributed by atoms with van der Waals surface area (Å²) in [6.07, 6.45) is 0.863. The molecule has 2 heterocycles. The molecule has 0 saturated carbocycles. The van der Waals surface area contributed by atoms with Crippen LogP contribution in [0.25, 0.3) is 11.1 Å². The Morgan fingerprint density at radius 2 is 1.78 bits per heavy atom. The third-order valence-electron chi connectivity index (χ3n) is 4.20. The number of rotatable bonds is 3. The number of benzene rings is 1. The van der Waals surface area contributed by atoms with Crippen molar-refractivity contribution in [3.63, 3.8) is 0 Å². The van der Waals surface area contributed by atoms with Gasteiger partial charge in [-0.25, -0.2) is 4.98 Å². The lowest BCUT2D eigenvalue weighted by molar-refractivity contribution is -0.139. The lowest BCUT2D eigenvalue weighted by atomic mass is 10.1. The first-order valence-corrected chi connectivity index (χ1v) is 7.98. The third kappa shape index (κ3) is 3.36. The predicted octanol–water partition coefficient (Wildman–Crippen LogP) is 1.76. The van der Waals surface area contributed by atoms with Crippen LogP contribution < -0.4 is 0 Å². The summed E-state index contributed by atoms with van der Waals surface area (Å²) >= 11 is 0. The quantitative estimate of drug-likeness (QED) is 0.865. The van der Waals surface area contributed by atoms with Crippen molar-refractivity contribution < 1.29 is 14.0 Å². The molecule has 1 aliphatic rings. The van der Waals surface area contributed by atoms with Crippen molar-refractivity contribution in [2.75, 3.05) is 26.2 Å². The second kappa shape index (κ2) is 6.40. The highest BCUT2D eigenvalue weighted by Gasteiger charge is 2.23. The zero-order valence-corrected chi connectivity index (χ0v) is 13.5. The number of carbonyl (C=O) groups is 2. The van der Waals surface area contributed by atoms with E-state index in [9.17, 15) is 9.59 Å². The van der Waals surface area contributed by atoms with Crippen molar-refractivity contribution in [3.8, 4) is 0 Å². The molecule has 0 bridgehead atoms. The molecule has 122 valence electrons. The van der Waals surface area contributed by atoms with Crippen LogP contribution in [-0.4, -0.2) is 52.8 Å². The van der Waals surface area contributed by atoms with Crippen molar-refractivity contribution in [1.82, 2.24) is 14.8 Å². The molecule has 0 unspecified atom stereocenters. The molecule has 0 N–H and O–H groups in total. The maximum atomic E-state index is 12.4. The Morgan fingerprint density at radius 3 is 2.43 bits per heavy atom. The van der Waals surface area contributed by atoms with Gasteiger partial charge in [-0.1, -0.05) is 13.0 Å². The van der Waals surface area contributed by atoms with E-state index in [0.29, 0.717) is 50.5 Å². The van der Waals surface area contributed by atoms with E-state index in [1.807, 2.05) is 41.8 Å². The number of nitrogens with zero attached hydrogens (tertiary/aromatic N) is 3. The summed E-state index contributed by atoms with van der Waals surface area (Å²) in [7, 11) is 0. The summed E-state index contributed by atoms with van der Waals surface area (Å²) in [6, 6.07) is 5.68. The van der Waals surface area contributed by atoms with Gasteiger partial charge in [-0.2, -0.15) is 0 Å². The molecule has 1 fully saturated rings. The van der Waals surface area contributed by atoms with Crippen LogP contribution in [0.4, 0.5) is 0 Å². The molecule has 0 aliphatic carbocycles. The molecule has 2 amide bonds. The molecule has 0 spiro atoms. The number of hydrogen-bond donors (Lipinski definition) is 0. The molecule has 0 radical (unpaired) electrons. The van der Waals surface area contributed by atoms with Crippen molar-refractivity contribution in [2.24, 2.45) is 0 Å². The SMILES string of the molecule is CCC(=O)N1CCN(C(=O)Cc2ccc3nc(C)oc3c2)CC1. The molecule has 1 saturated heterocycles. The first-order valence-electron chi connectivity index (χ1n) is 7.98. The Hall–Kier alpha value is -2.37. The molecule has 1 aromatic carbocycles. The predicted molar refractivity (Wildman–Crippen MR) is 85.9 cm³/mol. The van der Waals surface area contributed by atoms with E-state index in [1.54, 1.807) is 0 Å². The lowest BCUT2D eigenvalue weighted by Crippen LogP contribution is -2.50. The van der Waals surface area contributed by atoms with Gasteiger partial charge in [0.15, 0.2) is 11.5 Å². The number of hydrogen-bond acceptors (Lipinski definition) is 4. The van der Waals surface area contributed by atoms with Crippen LogP contribution >= 0.6 is 0 Å². The van der Waals surface area contributed by atoms with Crippen molar-refractivity contribution >= 4 is 22.9 Å². The van der Waals surface area contributed by atoms with Gasteiger partial charge in [0.2, 0.25) is 11.8 Å². The van der Waals surface area contributed by atoms with E-state index < -0.39 is 0 Å². The minimum Gasteiger partial charge on any atom is -0.441 e. The summed E-state index contributed by atoms with van der Waals surface area (Å²) in [4.78, 5) is 32.0. The van der Waals surface area contributed by atoms with E-state index in [-0.39, 0.29) is 11.8 Å². The smallest absolute Gasteiger partial charge is 0.227 e. The highest BCUT2D eigenvalue weighted by Crippen LogP contribution is 2.18. The monoisotopic (exact) mass is 315 g/mol. The fourth-order valence-electron chi connectivity index (χ4n) is 2.91. The number of carbonyl (C=O) groups excluding carboxylic acids is 2. The Kier molecular flexibility index (Phi) is 4.32. The maximum Gasteiger partial charge on any atom is 0.227 e. The number of amides is 2. The summed E-state index contributed by atoms with van der Waals surface area (Å²) in [5.41, 5.74) is 2.45. The molecule has 1 aliphatic heterocycles.